The molecule has 0 aliphatic heterocycles. The summed E-state index contributed by atoms with van der Waals surface area (Å²) in [5.74, 6) is 0.0651. The predicted octanol–water partition coefficient (Wildman–Crippen LogP) is 1.25. The standard InChI is InChI=1S/C12H19N3O/c1-14(2)11-7-5-6-10(8-11)13-9-12(16)15(3)4/h5-8,13H,9H2,1-4H3. The summed E-state index contributed by atoms with van der Waals surface area (Å²) in [7, 11) is 7.48. The lowest BCUT2D eigenvalue weighted by molar-refractivity contribution is -0.126. The smallest absolute Gasteiger partial charge is 0.241 e. The van der Waals surface area contributed by atoms with Gasteiger partial charge < -0.3 is 15.1 Å². The SMILES string of the molecule is CN(C)C(=O)CNc1cccc(N(C)C)c1. The number of benzene rings is 1. The van der Waals surface area contributed by atoms with Crippen LogP contribution in [0.4, 0.5) is 11.4 Å². The highest BCUT2D eigenvalue weighted by atomic mass is 16.2. The van der Waals surface area contributed by atoms with E-state index in [1.165, 1.54) is 0 Å². The summed E-state index contributed by atoms with van der Waals surface area (Å²) in [6.07, 6.45) is 0. The van der Waals surface area contributed by atoms with Crippen molar-refractivity contribution in [1.82, 2.24) is 4.90 Å². The second-order valence-corrected chi connectivity index (χ2v) is 4.09. The van der Waals surface area contributed by atoms with E-state index in [4.69, 9.17) is 0 Å². The third kappa shape index (κ3) is 3.46. The van der Waals surface area contributed by atoms with Crippen LogP contribution in [0.2, 0.25) is 0 Å². The Labute approximate surface area is 96.9 Å². The number of carbonyl (C=O) groups is 1. The van der Waals surface area contributed by atoms with Gasteiger partial charge in [0.2, 0.25) is 5.91 Å². The fourth-order valence-corrected chi connectivity index (χ4v) is 1.23. The van der Waals surface area contributed by atoms with Gasteiger partial charge in [0.05, 0.1) is 6.54 Å². The maximum atomic E-state index is 11.4. The van der Waals surface area contributed by atoms with E-state index < -0.39 is 0 Å². The van der Waals surface area contributed by atoms with Crippen molar-refractivity contribution in [3.05, 3.63) is 24.3 Å². The lowest BCUT2D eigenvalue weighted by Gasteiger charge is -2.15. The van der Waals surface area contributed by atoms with Crippen molar-refractivity contribution in [1.29, 1.82) is 0 Å². The summed E-state index contributed by atoms with van der Waals surface area (Å²) in [6.45, 7) is 0.323. The van der Waals surface area contributed by atoms with Gasteiger partial charge in [0.15, 0.2) is 0 Å². The number of carbonyl (C=O) groups excluding carboxylic acids is 1. The van der Waals surface area contributed by atoms with Crippen LogP contribution in [0.25, 0.3) is 0 Å². The summed E-state index contributed by atoms with van der Waals surface area (Å²) in [5.41, 5.74) is 2.07. The van der Waals surface area contributed by atoms with Gasteiger partial charge in [-0.3, -0.25) is 4.79 Å². The average molecular weight is 221 g/mol. The molecule has 4 heteroatoms. The summed E-state index contributed by atoms with van der Waals surface area (Å²) in [4.78, 5) is 15.0. The minimum Gasteiger partial charge on any atom is -0.378 e. The molecule has 1 aromatic carbocycles. The molecule has 0 heterocycles. The van der Waals surface area contributed by atoms with Gasteiger partial charge in [-0.1, -0.05) is 6.07 Å². The number of anilines is 2. The molecule has 1 amide bonds. The van der Waals surface area contributed by atoms with E-state index in [2.05, 4.69) is 5.32 Å². The van der Waals surface area contributed by atoms with Crippen molar-refractivity contribution in [3.8, 4) is 0 Å². The maximum Gasteiger partial charge on any atom is 0.241 e. The Morgan fingerprint density at radius 1 is 1.25 bits per heavy atom. The monoisotopic (exact) mass is 221 g/mol. The number of hydrogen-bond donors (Lipinski definition) is 1. The topological polar surface area (TPSA) is 35.6 Å². The highest BCUT2D eigenvalue weighted by molar-refractivity contribution is 5.80. The third-order valence-electron chi connectivity index (χ3n) is 2.31. The molecule has 0 aromatic heterocycles. The van der Waals surface area contributed by atoms with Crippen LogP contribution in [0.5, 0.6) is 0 Å². The van der Waals surface area contributed by atoms with Gasteiger partial charge in [-0.25, -0.2) is 0 Å². The largest absolute Gasteiger partial charge is 0.378 e. The molecule has 16 heavy (non-hydrogen) atoms. The Kier molecular flexibility index (Phi) is 4.17. The van der Waals surface area contributed by atoms with Crippen LogP contribution in [0.3, 0.4) is 0 Å². The molecule has 0 aliphatic rings. The van der Waals surface area contributed by atoms with Gasteiger partial charge in [-0.05, 0) is 18.2 Å². The number of nitrogens with one attached hydrogen (secondary N) is 1. The van der Waals surface area contributed by atoms with E-state index in [0.29, 0.717) is 6.54 Å². The second kappa shape index (κ2) is 5.39. The number of likely N-dealkylation sites (N-methyl/N-ethyl adjacent to an activating group) is 1. The summed E-state index contributed by atoms with van der Waals surface area (Å²) < 4.78 is 0. The minimum atomic E-state index is 0.0651. The lowest BCUT2D eigenvalue weighted by atomic mass is 10.2. The van der Waals surface area contributed by atoms with E-state index in [1.807, 2.05) is 43.3 Å². The quantitative estimate of drug-likeness (QED) is 0.831. The van der Waals surface area contributed by atoms with Crippen LogP contribution in [0, 0.1) is 0 Å². The zero-order valence-corrected chi connectivity index (χ0v) is 10.3. The normalized spacial score (nSPS) is 9.75. The summed E-state index contributed by atoms with van der Waals surface area (Å²) in [5, 5.41) is 3.10. The van der Waals surface area contributed by atoms with Crippen molar-refractivity contribution < 1.29 is 4.79 Å². The maximum absolute atomic E-state index is 11.4. The molecule has 0 aliphatic carbocycles. The minimum absolute atomic E-state index is 0.0651. The van der Waals surface area contributed by atoms with E-state index in [9.17, 15) is 4.79 Å². The molecule has 0 saturated heterocycles. The number of amides is 1. The van der Waals surface area contributed by atoms with Crippen molar-refractivity contribution in [2.24, 2.45) is 0 Å². The van der Waals surface area contributed by atoms with E-state index >= 15 is 0 Å². The molecule has 0 radical (unpaired) electrons. The lowest BCUT2D eigenvalue weighted by Crippen LogP contribution is -2.28. The van der Waals surface area contributed by atoms with E-state index in [-0.39, 0.29) is 5.91 Å². The van der Waals surface area contributed by atoms with E-state index in [1.54, 1.807) is 19.0 Å². The van der Waals surface area contributed by atoms with Gasteiger partial charge in [0.25, 0.3) is 0 Å². The Morgan fingerprint density at radius 2 is 1.94 bits per heavy atom. The van der Waals surface area contributed by atoms with Gasteiger partial charge in [-0.2, -0.15) is 0 Å². The van der Waals surface area contributed by atoms with Gasteiger partial charge >= 0.3 is 0 Å². The Hall–Kier alpha value is -1.71. The van der Waals surface area contributed by atoms with Crippen LogP contribution < -0.4 is 10.2 Å². The molecule has 0 spiro atoms. The molecule has 1 rings (SSSR count). The number of rotatable bonds is 4. The molecule has 0 unspecified atom stereocenters. The molecule has 0 saturated carbocycles. The molecule has 1 N–H and O–H groups in total. The molecule has 0 atom stereocenters. The fourth-order valence-electron chi connectivity index (χ4n) is 1.23. The molecular formula is C12H19N3O. The molecular weight excluding hydrogens is 202 g/mol. The predicted molar refractivity (Wildman–Crippen MR) is 68.0 cm³/mol. The van der Waals surface area contributed by atoms with E-state index in [0.717, 1.165) is 11.4 Å². The van der Waals surface area contributed by atoms with Crippen LogP contribution in [0.1, 0.15) is 0 Å². The number of hydrogen-bond acceptors (Lipinski definition) is 3. The number of nitrogens with zero attached hydrogens (tertiary/aromatic N) is 2. The zero-order chi connectivity index (χ0) is 12.1. The molecule has 1 aromatic rings. The zero-order valence-electron chi connectivity index (χ0n) is 10.3. The van der Waals surface area contributed by atoms with Gasteiger partial charge in [0, 0.05) is 39.6 Å². The molecule has 0 bridgehead atoms. The third-order valence-corrected chi connectivity index (χ3v) is 2.31. The first kappa shape index (κ1) is 12.4. The van der Waals surface area contributed by atoms with Crippen LogP contribution >= 0.6 is 0 Å². The molecule has 4 nitrogen and oxygen atoms in total. The first-order chi connectivity index (χ1) is 7.50. The molecule has 0 fully saturated rings. The van der Waals surface area contributed by atoms with Crippen LogP contribution in [0.15, 0.2) is 24.3 Å². The average Bonchev–Trinajstić information content (AvgIpc) is 2.26. The fraction of sp³-hybridized carbons (Fsp3) is 0.417. The van der Waals surface area contributed by atoms with Crippen molar-refractivity contribution in [2.45, 2.75) is 0 Å². The highest BCUT2D eigenvalue weighted by Crippen LogP contribution is 2.16. The van der Waals surface area contributed by atoms with Gasteiger partial charge in [0.1, 0.15) is 0 Å². The highest BCUT2D eigenvalue weighted by Gasteiger charge is 2.03. The van der Waals surface area contributed by atoms with Crippen LogP contribution in [-0.4, -0.2) is 45.5 Å². The van der Waals surface area contributed by atoms with Gasteiger partial charge in [-0.15, -0.1) is 0 Å². The first-order valence-electron chi connectivity index (χ1n) is 5.22. The first-order valence-corrected chi connectivity index (χ1v) is 5.22. The Morgan fingerprint density at radius 3 is 2.50 bits per heavy atom. The van der Waals surface area contributed by atoms with Crippen LogP contribution in [-0.2, 0) is 4.79 Å². The summed E-state index contributed by atoms with van der Waals surface area (Å²) in [6, 6.07) is 7.97. The summed E-state index contributed by atoms with van der Waals surface area (Å²) >= 11 is 0. The van der Waals surface area contributed by atoms with Crippen molar-refractivity contribution in [2.75, 3.05) is 45.0 Å². The Bertz CT molecular complexity index is 361. The van der Waals surface area contributed by atoms with Crippen molar-refractivity contribution >= 4 is 17.3 Å². The second-order valence-electron chi connectivity index (χ2n) is 4.09. The Balaban J connectivity index is 2.61. The molecule has 88 valence electrons. The van der Waals surface area contributed by atoms with Crippen molar-refractivity contribution in [3.63, 3.8) is 0 Å².